The molecule has 122 valence electrons. The van der Waals surface area contributed by atoms with Crippen molar-refractivity contribution in [2.45, 2.75) is 24.8 Å². The molecule has 1 amide bonds. The summed E-state index contributed by atoms with van der Waals surface area (Å²) in [6.07, 6.45) is 6.44. The molecule has 2 fully saturated rings. The average Bonchev–Trinajstić information content (AvgIpc) is 3.22. The number of sulfone groups is 1. The van der Waals surface area contributed by atoms with E-state index in [-0.39, 0.29) is 47.7 Å². The molecule has 1 heterocycles. The van der Waals surface area contributed by atoms with Crippen LogP contribution in [-0.2, 0) is 14.6 Å². The summed E-state index contributed by atoms with van der Waals surface area (Å²) in [5.41, 5.74) is 0.808. The van der Waals surface area contributed by atoms with Gasteiger partial charge in [-0.25, -0.2) is 12.8 Å². The lowest BCUT2D eigenvalue weighted by atomic mass is 10.1. The van der Waals surface area contributed by atoms with Crippen LogP contribution in [0.3, 0.4) is 0 Å². The number of benzene rings is 1. The molecule has 1 aromatic rings. The van der Waals surface area contributed by atoms with E-state index in [4.69, 9.17) is 6.42 Å². The van der Waals surface area contributed by atoms with Crippen LogP contribution in [-0.4, -0.2) is 43.3 Å². The minimum atomic E-state index is -3.08. The molecule has 0 N–H and O–H groups in total. The monoisotopic (exact) mass is 335 g/mol. The van der Waals surface area contributed by atoms with E-state index in [1.54, 1.807) is 6.07 Å². The number of carbonyl (C=O) groups is 1. The number of rotatable bonds is 4. The first-order chi connectivity index (χ1) is 10.9. The minimum absolute atomic E-state index is 0.00325. The van der Waals surface area contributed by atoms with Gasteiger partial charge < -0.3 is 4.90 Å². The summed E-state index contributed by atoms with van der Waals surface area (Å²) in [4.78, 5) is 14.2. The Morgan fingerprint density at radius 2 is 2.22 bits per heavy atom. The molecular formula is C17H18FNO3S. The van der Waals surface area contributed by atoms with Gasteiger partial charge in [0.1, 0.15) is 5.82 Å². The Morgan fingerprint density at radius 1 is 1.43 bits per heavy atom. The maximum atomic E-state index is 13.3. The van der Waals surface area contributed by atoms with Crippen molar-refractivity contribution in [3.05, 3.63) is 35.6 Å². The standard InChI is InChI=1S/C17H18FNO3S/c1-2-7-19(14-6-8-23(21,22)11-14)17(20)16-10-15(16)12-4-3-5-13(18)9-12/h1,3-5,9,14-16H,6-8,10-11H2/t14-,15+,16+/m0/s1. The third-order valence-electron chi connectivity index (χ3n) is 4.58. The highest BCUT2D eigenvalue weighted by Crippen LogP contribution is 2.49. The fourth-order valence-electron chi connectivity index (χ4n) is 3.29. The molecule has 0 spiro atoms. The second-order valence-corrected chi connectivity index (χ2v) is 8.46. The normalized spacial score (nSPS) is 28.1. The minimum Gasteiger partial charge on any atom is -0.327 e. The van der Waals surface area contributed by atoms with Gasteiger partial charge in [-0.3, -0.25) is 4.79 Å². The van der Waals surface area contributed by atoms with Gasteiger partial charge in [0.25, 0.3) is 0 Å². The Kier molecular flexibility index (Phi) is 4.15. The van der Waals surface area contributed by atoms with Crippen molar-refractivity contribution >= 4 is 15.7 Å². The van der Waals surface area contributed by atoms with Crippen LogP contribution in [0.25, 0.3) is 0 Å². The number of hydrogen-bond donors (Lipinski definition) is 0. The van der Waals surface area contributed by atoms with Crippen molar-refractivity contribution in [3.8, 4) is 12.3 Å². The summed E-state index contributed by atoms with van der Waals surface area (Å²) in [5.74, 6) is 1.87. The van der Waals surface area contributed by atoms with Crippen LogP contribution in [0.15, 0.2) is 24.3 Å². The van der Waals surface area contributed by atoms with Crippen LogP contribution < -0.4 is 0 Å². The molecule has 3 atom stereocenters. The van der Waals surface area contributed by atoms with E-state index in [0.717, 1.165) is 5.56 Å². The first kappa shape index (κ1) is 16.0. The lowest BCUT2D eigenvalue weighted by Crippen LogP contribution is -2.42. The first-order valence-corrected chi connectivity index (χ1v) is 9.43. The molecule has 0 radical (unpaired) electrons. The molecule has 1 aromatic carbocycles. The zero-order chi connectivity index (χ0) is 16.6. The molecule has 0 bridgehead atoms. The average molecular weight is 335 g/mol. The fraction of sp³-hybridized carbons (Fsp3) is 0.471. The second-order valence-electron chi connectivity index (χ2n) is 6.23. The van der Waals surface area contributed by atoms with E-state index in [1.165, 1.54) is 17.0 Å². The van der Waals surface area contributed by atoms with Crippen LogP contribution >= 0.6 is 0 Å². The summed E-state index contributed by atoms with van der Waals surface area (Å²) < 4.78 is 36.6. The molecule has 3 rings (SSSR count). The lowest BCUT2D eigenvalue weighted by molar-refractivity contribution is -0.133. The Hall–Kier alpha value is -1.87. The summed E-state index contributed by atoms with van der Waals surface area (Å²) >= 11 is 0. The zero-order valence-corrected chi connectivity index (χ0v) is 13.4. The van der Waals surface area contributed by atoms with Crippen LogP contribution in [0.4, 0.5) is 4.39 Å². The second kappa shape index (κ2) is 5.97. The maximum Gasteiger partial charge on any atom is 0.227 e. The van der Waals surface area contributed by atoms with Crippen molar-refractivity contribution < 1.29 is 17.6 Å². The molecule has 4 nitrogen and oxygen atoms in total. The van der Waals surface area contributed by atoms with E-state index >= 15 is 0 Å². The molecule has 1 saturated heterocycles. The van der Waals surface area contributed by atoms with Crippen molar-refractivity contribution in [1.29, 1.82) is 0 Å². The Bertz CT molecular complexity index is 768. The summed E-state index contributed by atoms with van der Waals surface area (Å²) in [7, 11) is -3.08. The molecule has 0 unspecified atom stereocenters. The van der Waals surface area contributed by atoms with Crippen LogP contribution in [0, 0.1) is 24.1 Å². The van der Waals surface area contributed by atoms with Crippen LogP contribution in [0.5, 0.6) is 0 Å². The van der Waals surface area contributed by atoms with Crippen molar-refractivity contribution in [3.63, 3.8) is 0 Å². The van der Waals surface area contributed by atoms with Gasteiger partial charge in [0.05, 0.1) is 18.1 Å². The van der Waals surface area contributed by atoms with Crippen LogP contribution in [0.2, 0.25) is 0 Å². The van der Waals surface area contributed by atoms with Crippen LogP contribution in [0.1, 0.15) is 24.3 Å². The molecule has 2 aliphatic rings. The number of halogens is 1. The van der Waals surface area contributed by atoms with E-state index in [0.29, 0.717) is 12.8 Å². The van der Waals surface area contributed by atoms with Gasteiger partial charge in [-0.15, -0.1) is 6.42 Å². The first-order valence-electron chi connectivity index (χ1n) is 7.61. The van der Waals surface area contributed by atoms with Gasteiger partial charge in [-0.2, -0.15) is 0 Å². The lowest BCUT2D eigenvalue weighted by Gasteiger charge is -2.26. The van der Waals surface area contributed by atoms with E-state index in [2.05, 4.69) is 5.92 Å². The van der Waals surface area contributed by atoms with Gasteiger partial charge in [0.2, 0.25) is 5.91 Å². The van der Waals surface area contributed by atoms with Gasteiger partial charge >= 0.3 is 0 Å². The highest BCUT2D eigenvalue weighted by molar-refractivity contribution is 7.91. The third-order valence-corrected chi connectivity index (χ3v) is 6.33. The van der Waals surface area contributed by atoms with Gasteiger partial charge in [-0.05, 0) is 36.5 Å². The fourth-order valence-corrected chi connectivity index (χ4v) is 5.02. The SMILES string of the molecule is C#CCN(C(=O)[C@@H]1C[C@@H]1c1cccc(F)c1)[C@H]1CCS(=O)(=O)C1. The quantitative estimate of drug-likeness (QED) is 0.785. The van der Waals surface area contributed by atoms with Gasteiger partial charge in [-0.1, -0.05) is 18.1 Å². The Morgan fingerprint density at radius 3 is 2.83 bits per heavy atom. The van der Waals surface area contributed by atoms with Crippen molar-refractivity contribution in [2.24, 2.45) is 5.92 Å². The molecule has 0 aromatic heterocycles. The Labute approximate surface area is 135 Å². The number of amides is 1. The smallest absolute Gasteiger partial charge is 0.227 e. The largest absolute Gasteiger partial charge is 0.327 e. The number of terminal acetylenes is 1. The van der Waals surface area contributed by atoms with E-state index < -0.39 is 9.84 Å². The van der Waals surface area contributed by atoms with Crippen molar-refractivity contribution in [2.75, 3.05) is 18.1 Å². The number of nitrogens with zero attached hydrogens (tertiary/aromatic N) is 1. The predicted octanol–water partition coefficient (Wildman–Crippen LogP) is 1.58. The summed E-state index contributed by atoms with van der Waals surface area (Å²) in [6.45, 7) is 0.116. The Balaban J connectivity index is 1.72. The van der Waals surface area contributed by atoms with E-state index in [9.17, 15) is 17.6 Å². The highest BCUT2D eigenvalue weighted by Gasteiger charge is 2.47. The summed E-state index contributed by atoms with van der Waals surface area (Å²) in [6, 6.07) is 5.93. The summed E-state index contributed by atoms with van der Waals surface area (Å²) in [5, 5.41) is 0. The molecule has 23 heavy (non-hydrogen) atoms. The molecule has 6 heteroatoms. The maximum absolute atomic E-state index is 13.3. The predicted molar refractivity (Wildman–Crippen MR) is 84.9 cm³/mol. The van der Waals surface area contributed by atoms with Crippen molar-refractivity contribution in [1.82, 2.24) is 4.90 Å². The zero-order valence-electron chi connectivity index (χ0n) is 12.6. The van der Waals surface area contributed by atoms with E-state index in [1.807, 2.05) is 6.07 Å². The molecular weight excluding hydrogens is 317 g/mol. The van der Waals surface area contributed by atoms with Gasteiger partial charge in [0.15, 0.2) is 9.84 Å². The highest BCUT2D eigenvalue weighted by atomic mass is 32.2. The molecule has 1 aliphatic heterocycles. The number of hydrogen-bond acceptors (Lipinski definition) is 3. The molecule has 1 aliphatic carbocycles. The topological polar surface area (TPSA) is 54.5 Å². The van der Waals surface area contributed by atoms with Gasteiger partial charge in [0, 0.05) is 12.0 Å². The third kappa shape index (κ3) is 3.40. The number of carbonyl (C=O) groups excluding carboxylic acids is 1. The molecule has 1 saturated carbocycles.